The van der Waals surface area contributed by atoms with Crippen molar-refractivity contribution in [3.63, 3.8) is 0 Å². The fourth-order valence-corrected chi connectivity index (χ4v) is 1.94. The summed E-state index contributed by atoms with van der Waals surface area (Å²) < 4.78 is 41.7. The van der Waals surface area contributed by atoms with Gasteiger partial charge in [-0.15, -0.1) is 0 Å². The molecular weight excluding hydrogens is 313 g/mol. The molecule has 116 valence electrons. The number of ether oxygens (including phenoxy) is 1. The molecule has 0 aliphatic rings. The van der Waals surface area contributed by atoms with E-state index in [1.165, 1.54) is 13.2 Å². The second-order valence-corrected chi connectivity index (χ2v) is 4.78. The Morgan fingerprint density at radius 2 is 2.19 bits per heavy atom. The van der Waals surface area contributed by atoms with Gasteiger partial charge in [-0.05, 0) is 12.1 Å². The molecule has 0 saturated carbocycles. The molecule has 2 N–H and O–H groups in total. The molecule has 1 aromatic heterocycles. The third kappa shape index (κ3) is 5.60. The van der Waals surface area contributed by atoms with Gasteiger partial charge < -0.3 is 15.2 Å². The molecular formula is C11H11F3N2O4S. The lowest BCUT2D eigenvalue weighted by molar-refractivity contribution is -0.140. The molecule has 1 aromatic rings. The minimum Gasteiger partial charge on any atom is -0.480 e. The summed E-state index contributed by atoms with van der Waals surface area (Å²) >= 11 is -0.546. The van der Waals surface area contributed by atoms with Crippen molar-refractivity contribution >= 4 is 23.6 Å². The maximum atomic E-state index is 12.4. The lowest BCUT2D eigenvalue weighted by atomic mass is 10.2. The number of nitrogens with zero attached hydrogens (tertiary/aromatic N) is 1. The zero-order valence-electron chi connectivity index (χ0n) is 10.7. The Balaban J connectivity index is 2.94. The fraction of sp³-hybridized carbons (Fsp3) is 0.364. The van der Waals surface area contributed by atoms with Crippen LogP contribution in [0.25, 0.3) is 0 Å². The summed E-state index contributed by atoms with van der Waals surface area (Å²) in [5.74, 6) is -2.33. The van der Waals surface area contributed by atoms with Gasteiger partial charge in [-0.3, -0.25) is 4.79 Å². The summed E-state index contributed by atoms with van der Waals surface area (Å²) in [6.45, 7) is -0.316. The molecule has 0 aliphatic carbocycles. The van der Waals surface area contributed by atoms with Gasteiger partial charge in [0.25, 0.3) is 5.91 Å². The van der Waals surface area contributed by atoms with E-state index in [1.54, 1.807) is 0 Å². The predicted molar refractivity (Wildman–Crippen MR) is 66.9 cm³/mol. The number of nitrogens with one attached hydrogen (secondary N) is 1. The van der Waals surface area contributed by atoms with Crippen LogP contribution in [0.15, 0.2) is 23.4 Å². The van der Waals surface area contributed by atoms with Crippen LogP contribution in [-0.2, 0) is 9.53 Å². The molecule has 0 aliphatic heterocycles. The highest BCUT2D eigenvalue weighted by Crippen LogP contribution is 2.37. The third-order valence-electron chi connectivity index (χ3n) is 2.16. The quantitative estimate of drug-likeness (QED) is 0.772. The van der Waals surface area contributed by atoms with E-state index in [-0.39, 0.29) is 12.2 Å². The van der Waals surface area contributed by atoms with E-state index < -0.39 is 40.2 Å². The molecule has 6 nitrogen and oxygen atoms in total. The number of aliphatic carboxylic acids is 1. The molecule has 1 atom stereocenters. The van der Waals surface area contributed by atoms with Crippen LogP contribution in [0, 0.1) is 0 Å². The van der Waals surface area contributed by atoms with Crippen molar-refractivity contribution in [3.05, 3.63) is 23.9 Å². The number of hydrogen-bond acceptors (Lipinski definition) is 5. The maximum absolute atomic E-state index is 12.4. The summed E-state index contributed by atoms with van der Waals surface area (Å²) in [6.07, 6.45) is 1.11. The normalized spacial score (nSPS) is 12.8. The number of hydrogen-bond donors (Lipinski definition) is 2. The van der Waals surface area contributed by atoms with E-state index in [2.05, 4.69) is 15.0 Å². The second kappa shape index (κ2) is 7.27. The first-order chi connectivity index (χ1) is 9.74. The Kier molecular flexibility index (Phi) is 5.97. The number of carbonyl (C=O) groups is 2. The van der Waals surface area contributed by atoms with E-state index in [4.69, 9.17) is 5.11 Å². The van der Waals surface area contributed by atoms with E-state index in [9.17, 15) is 22.8 Å². The number of thioether (sulfide) groups is 1. The molecule has 10 heteroatoms. The van der Waals surface area contributed by atoms with E-state index >= 15 is 0 Å². The molecule has 0 saturated heterocycles. The van der Waals surface area contributed by atoms with Gasteiger partial charge >= 0.3 is 11.5 Å². The van der Waals surface area contributed by atoms with Gasteiger partial charge in [0.1, 0.15) is 5.03 Å². The topological polar surface area (TPSA) is 88.5 Å². The first-order valence-electron chi connectivity index (χ1n) is 5.48. The van der Waals surface area contributed by atoms with Gasteiger partial charge in [0.15, 0.2) is 6.04 Å². The number of methoxy groups -OCH3 is 1. The minimum atomic E-state index is -4.61. The molecule has 0 bridgehead atoms. The monoisotopic (exact) mass is 324 g/mol. The summed E-state index contributed by atoms with van der Waals surface area (Å²) in [7, 11) is 1.23. The van der Waals surface area contributed by atoms with Gasteiger partial charge in [0, 0.05) is 25.1 Å². The van der Waals surface area contributed by atoms with Gasteiger partial charge in [0.05, 0.1) is 12.2 Å². The van der Waals surface area contributed by atoms with Crippen LogP contribution in [0.2, 0.25) is 0 Å². The van der Waals surface area contributed by atoms with Crippen LogP contribution in [0.1, 0.15) is 10.4 Å². The van der Waals surface area contributed by atoms with Crippen molar-refractivity contribution in [2.45, 2.75) is 16.6 Å². The summed E-state index contributed by atoms with van der Waals surface area (Å²) in [4.78, 5) is 26.3. The number of rotatable bonds is 6. The molecule has 1 unspecified atom stereocenters. The van der Waals surface area contributed by atoms with Gasteiger partial charge in [-0.1, -0.05) is 0 Å². The Hall–Kier alpha value is -1.81. The average molecular weight is 324 g/mol. The fourth-order valence-electron chi connectivity index (χ4n) is 1.33. The number of aromatic nitrogens is 1. The number of pyridine rings is 1. The lowest BCUT2D eigenvalue weighted by Gasteiger charge is -2.15. The molecule has 1 heterocycles. The number of halogens is 3. The molecule has 1 amide bonds. The largest absolute Gasteiger partial charge is 0.480 e. The van der Waals surface area contributed by atoms with Crippen molar-refractivity contribution in [1.82, 2.24) is 10.3 Å². The Labute approximate surface area is 121 Å². The zero-order valence-corrected chi connectivity index (χ0v) is 11.5. The van der Waals surface area contributed by atoms with Crippen LogP contribution >= 0.6 is 11.8 Å². The highest BCUT2D eigenvalue weighted by Gasteiger charge is 2.33. The summed E-state index contributed by atoms with van der Waals surface area (Å²) in [5, 5.41) is 10.4. The smallest absolute Gasteiger partial charge is 0.447 e. The number of amides is 1. The zero-order chi connectivity index (χ0) is 16.0. The van der Waals surface area contributed by atoms with Crippen molar-refractivity contribution in [3.8, 4) is 0 Å². The van der Waals surface area contributed by atoms with Crippen LogP contribution in [0.3, 0.4) is 0 Å². The van der Waals surface area contributed by atoms with Crippen molar-refractivity contribution in [2.24, 2.45) is 0 Å². The molecule has 0 spiro atoms. The SMILES string of the molecule is COCC(NC(=O)c1cccnc1SC(F)(F)F)C(=O)O. The highest BCUT2D eigenvalue weighted by atomic mass is 32.2. The lowest BCUT2D eigenvalue weighted by Crippen LogP contribution is -2.44. The minimum absolute atomic E-state index is 0.316. The maximum Gasteiger partial charge on any atom is 0.447 e. The Morgan fingerprint density at radius 1 is 1.52 bits per heavy atom. The number of carboxylic acids is 1. The molecule has 1 rings (SSSR count). The number of carbonyl (C=O) groups excluding carboxylic acids is 1. The Bertz CT molecular complexity index is 524. The van der Waals surface area contributed by atoms with Gasteiger partial charge in [-0.25, -0.2) is 9.78 Å². The van der Waals surface area contributed by atoms with Crippen LogP contribution in [0.5, 0.6) is 0 Å². The standard InChI is InChI=1S/C11H11F3N2O4S/c1-20-5-7(10(18)19)16-8(17)6-3-2-4-15-9(6)21-11(12,13)14/h2-4,7H,5H2,1H3,(H,16,17)(H,18,19). The molecule has 0 radical (unpaired) electrons. The van der Waals surface area contributed by atoms with Crippen LogP contribution < -0.4 is 5.32 Å². The van der Waals surface area contributed by atoms with Crippen molar-refractivity contribution in [1.29, 1.82) is 0 Å². The van der Waals surface area contributed by atoms with E-state index in [1.807, 2.05) is 0 Å². The van der Waals surface area contributed by atoms with Crippen LogP contribution in [0.4, 0.5) is 13.2 Å². The van der Waals surface area contributed by atoms with Gasteiger partial charge in [-0.2, -0.15) is 13.2 Å². The number of alkyl halides is 3. The average Bonchev–Trinajstić information content (AvgIpc) is 2.36. The number of carboxylic acid groups (broad SMARTS) is 1. The third-order valence-corrected chi connectivity index (χ3v) is 2.92. The van der Waals surface area contributed by atoms with Crippen molar-refractivity contribution in [2.75, 3.05) is 13.7 Å². The molecule has 21 heavy (non-hydrogen) atoms. The highest BCUT2D eigenvalue weighted by molar-refractivity contribution is 8.00. The van der Waals surface area contributed by atoms with Crippen LogP contribution in [-0.4, -0.2) is 47.2 Å². The first kappa shape index (κ1) is 17.2. The summed E-state index contributed by atoms with van der Waals surface area (Å²) in [6, 6.07) is 1.04. The Morgan fingerprint density at radius 3 is 2.71 bits per heavy atom. The predicted octanol–water partition coefficient (Wildman–Crippen LogP) is 1.52. The second-order valence-electron chi connectivity index (χ2n) is 3.72. The molecule has 0 fully saturated rings. The molecule has 0 aromatic carbocycles. The van der Waals surface area contributed by atoms with Crippen molar-refractivity contribution < 1.29 is 32.6 Å². The van der Waals surface area contributed by atoms with E-state index in [0.717, 1.165) is 12.3 Å². The van der Waals surface area contributed by atoms with E-state index in [0.29, 0.717) is 0 Å². The van der Waals surface area contributed by atoms with Gasteiger partial charge in [0.2, 0.25) is 0 Å². The summed E-state index contributed by atoms with van der Waals surface area (Å²) in [5.41, 5.74) is -4.97. The first-order valence-corrected chi connectivity index (χ1v) is 6.29.